The van der Waals surface area contributed by atoms with Crippen molar-refractivity contribution in [2.45, 2.75) is 57.9 Å². The number of nitrogens with two attached hydrogens (primary N) is 1. The second-order valence-corrected chi connectivity index (χ2v) is 12.6. The SMILES string of the molecule is COc1ccc2c(Oc3ccc(NC(=O)c4c(C)n(CC(C)OC(=O)C(C)N)n(-c5ccccc5)c4=O)nc3)ccnc2c1.O=C(O)CC(O)(CC(=O)O)C(=O)O. The summed E-state index contributed by atoms with van der Waals surface area (Å²) in [5.41, 5.74) is 3.95. The summed E-state index contributed by atoms with van der Waals surface area (Å²) in [5, 5.41) is 37.3. The number of rotatable bonds is 15. The quantitative estimate of drug-likeness (QED) is 0.0832. The fourth-order valence-corrected chi connectivity index (χ4v) is 5.39. The molecule has 0 aliphatic rings. The van der Waals surface area contributed by atoms with Gasteiger partial charge in [0, 0.05) is 17.6 Å². The van der Waals surface area contributed by atoms with Gasteiger partial charge in [0.2, 0.25) is 0 Å². The van der Waals surface area contributed by atoms with Crippen molar-refractivity contribution in [3.8, 4) is 22.9 Å². The van der Waals surface area contributed by atoms with Crippen LogP contribution in [0.4, 0.5) is 5.82 Å². The number of carboxylic acid groups (broad SMARTS) is 3. The van der Waals surface area contributed by atoms with Gasteiger partial charge >= 0.3 is 23.9 Å². The van der Waals surface area contributed by atoms with Crippen molar-refractivity contribution in [3.05, 3.63) is 101 Å². The average molecular weight is 789 g/mol. The Bertz CT molecular complexity index is 2310. The van der Waals surface area contributed by atoms with E-state index in [4.69, 9.17) is 40.4 Å². The van der Waals surface area contributed by atoms with Crippen LogP contribution in [0.15, 0.2) is 83.9 Å². The molecule has 2 aromatic carbocycles. The number of hydrogen-bond donors (Lipinski definition) is 6. The molecule has 3 aromatic heterocycles. The molecule has 0 saturated heterocycles. The smallest absolute Gasteiger partial charge is 0.336 e. The number of esters is 1. The zero-order valence-corrected chi connectivity index (χ0v) is 31.1. The molecule has 0 bridgehead atoms. The first-order chi connectivity index (χ1) is 26.9. The number of nitrogens with zero attached hydrogens (tertiary/aromatic N) is 4. The third-order valence-corrected chi connectivity index (χ3v) is 8.14. The van der Waals surface area contributed by atoms with Gasteiger partial charge in [0.05, 0.1) is 49.6 Å². The number of amides is 1. The maximum absolute atomic E-state index is 13.7. The number of ether oxygens (including phenoxy) is 3. The fourth-order valence-electron chi connectivity index (χ4n) is 5.39. The molecule has 0 aliphatic carbocycles. The molecular weight excluding hydrogens is 748 g/mol. The van der Waals surface area contributed by atoms with Crippen molar-refractivity contribution < 1.29 is 58.6 Å². The molecule has 57 heavy (non-hydrogen) atoms. The van der Waals surface area contributed by atoms with E-state index in [0.29, 0.717) is 34.1 Å². The van der Waals surface area contributed by atoms with Crippen molar-refractivity contribution in [3.63, 3.8) is 0 Å². The maximum atomic E-state index is 13.7. The molecule has 5 rings (SSSR count). The number of aromatic nitrogens is 4. The van der Waals surface area contributed by atoms with Crippen molar-refractivity contribution in [1.82, 2.24) is 19.3 Å². The first-order valence-corrected chi connectivity index (χ1v) is 17.0. The Morgan fingerprint density at radius 3 is 2.12 bits per heavy atom. The van der Waals surface area contributed by atoms with Gasteiger partial charge in [-0.05, 0) is 63.2 Å². The third-order valence-electron chi connectivity index (χ3n) is 8.14. The van der Waals surface area contributed by atoms with E-state index >= 15 is 0 Å². The lowest BCUT2D eigenvalue weighted by molar-refractivity contribution is -0.170. The highest BCUT2D eigenvalue weighted by Crippen LogP contribution is 2.31. The summed E-state index contributed by atoms with van der Waals surface area (Å²) in [5.74, 6) is -4.29. The van der Waals surface area contributed by atoms with E-state index in [2.05, 4.69) is 15.3 Å². The number of aliphatic hydroxyl groups is 1. The topological polar surface area (TPSA) is 285 Å². The molecule has 5 aromatic rings. The number of fused-ring (bicyclic) bond motifs is 1. The highest BCUT2D eigenvalue weighted by molar-refractivity contribution is 6.04. The Balaban J connectivity index is 0.000000476. The number of carboxylic acids is 3. The lowest BCUT2D eigenvalue weighted by atomic mass is 9.96. The maximum Gasteiger partial charge on any atom is 0.336 e. The van der Waals surface area contributed by atoms with Gasteiger partial charge in [0.1, 0.15) is 40.8 Å². The van der Waals surface area contributed by atoms with Gasteiger partial charge in [0.15, 0.2) is 5.60 Å². The van der Waals surface area contributed by atoms with Crippen LogP contribution in [0.25, 0.3) is 16.6 Å². The number of benzene rings is 2. The predicted molar refractivity (Wildman–Crippen MR) is 202 cm³/mol. The number of para-hydroxylation sites is 1. The van der Waals surface area contributed by atoms with Gasteiger partial charge in [-0.15, -0.1) is 0 Å². The summed E-state index contributed by atoms with van der Waals surface area (Å²) in [6.07, 6.45) is 0.196. The van der Waals surface area contributed by atoms with E-state index in [-0.39, 0.29) is 17.9 Å². The van der Waals surface area contributed by atoms with Crippen LogP contribution >= 0.6 is 0 Å². The minimum absolute atomic E-state index is 0.0691. The van der Waals surface area contributed by atoms with Crippen molar-refractivity contribution in [2.24, 2.45) is 5.73 Å². The highest BCUT2D eigenvalue weighted by atomic mass is 16.5. The van der Waals surface area contributed by atoms with Crippen LogP contribution in [0.5, 0.6) is 17.2 Å². The standard InChI is InChI=1S/C32H32N6O6.C6H8O7/c1-19(43-32(41)20(2)33)18-37-21(3)29(31(40)38(37)22-8-6-5-7-9-22)30(39)36-28-13-11-24(17-35-28)44-27-14-15-34-26-16-23(42-4)10-12-25(26)27;7-3(8)1-6(13,5(11)12)2-4(9)10/h5-17,19-20H,18,33H2,1-4H3,(H,35,36,39);13H,1-2H2,(H,7,8)(H,9,10)(H,11,12). The van der Waals surface area contributed by atoms with Crippen LogP contribution in [0.1, 0.15) is 42.7 Å². The summed E-state index contributed by atoms with van der Waals surface area (Å²) in [7, 11) is 1.59. The number of carbonyl (C=O) groups excluding carboxylic acids is 2. The average Bonchev–Trinajstić information content (AvgIpc) is 3.39. The Morgan fingerprint density at radius 2 is 1.56 bits per heavy atom. The monoisotopic (exact) mass is 788 g/mol. The van der Waals surface area contributed by atoms with Crippen LogP contribution in [-0.4, -0.2) is 94.4 Å². The second-order valence-electron chi connectivity index (χ2n) is 12.6. The molecular formula is C38H40N6O13. The first kappa shape index (κ1) is 42.6. The zero-order chi connectivity index (χ0) is 42.0. The third kappa shape index (κ3) is 10.8. The lowest BCUT2D eigenvalue weighted by Gasteiger charge is -2.19. The summed E-state index contributed by atoms with van der Waals surface area (Å²) in [6.45, 7) is 5.00. The molecule has 0 spiro atoms. The van der Waals surface area contributed by atoms with Gasteiger partial charge < -0.3 is 45.7 Å². The second kappa shape index (κ2) is 18.5. The van der Waals surface area contributed by atoms with E-state index in [9.17, 15) is 28.8 Å². The first-order valence-electron chi connectivity index (χ1n) is 17.0. The molecule has 0 fully saturated rings. The van der Waals surface area contributed by atoms with Crippen LogP contribution < -0.4 is 26.1 Å². The summed E-state index contributed by atoms with van der Waals surface area (Å²) in [4.78, 5) is 78.3. The molecule has 7 N–H and O–H groups in total. The number of methoxy groups -OCH3 is 1. The minimum atomic E-state index is -2.74. The molecule has 19 nitrogen and oxygen atoms in total. The zero-order valence-electron chi connectivity index (χ0n) is 31.1. The number of carbonyl (C=O) groups is 5. The Kier molecular flexibility index (Phi) is 13.8. The van der Waals surface area contributed by atoms with E-state index in [0.717, 1.165) is 5.39 Å². The van der Waals surface area contributed by atoms with Crippen LogP contribution in [0, 0.1) is 6.92 Å². The number of hydrogen-bond acceptors (Lipinski definition) is 13. The fraction of sp³-hybridized carbons (Fsp3) is 0.263. The summed E-state index contributed by atoms with van der Waals surface area (Å²) < 4.78 is 19.7. The van der Waals surface area contributed by atoms with Crippen molar-refractivity contribution in [1.29, 1.82) is 0 Å². The molecule has 19 heteroatoms. The van der Waals surface area contributed by atoms with Crippen molar-refractivity contribution >= 4 is 46.5 Å². The predicted octanol–water partition coefficient (Wildman–Crippen LogP) is 2.97. The van der Waals surface area contributed by atoms with E-state index in [1.165, 1.54) is 17.8 Å². The molecule has 2 atom stereocenters. The largest absolute Gasteiger partial charge is 0.497 e. The normalized spacial score (nSPS) is 12.0. The Morgan fingerprint density at radius 1 is 0.912 bits per heavy atom. The molecule has 0 radical (unpaired) electrons. The number of anilines is 1. The van der Waals surface area contributed by atoms with E-state index in [1.54, 1.807) is 74.3 Å². The molecule has 3 heterocycles. The summed E-state index contributed by atoms with van der Waals surface area (Å²) >= 11 is 0. The van der Waals surface area contributed by atoms with Gasteiger partial charge in [-0.2, -0.15) is 0 Å². The van der Waals surface area contributed by atoms with Gasteiger partial charge in [-0.1, -0.05) is 18.2 Å². The van der Waals surface area contributed by atoms with Gasteiger partial charge in [0.25, 0.3) is 11.5 Å². The van der Waals surface area contributed by atoms with Crippen LogP contribution in [-0.2, 0) is 30.5 Å². The highest BCUT2D eigenvalue weighted by Gasteiger charge is 2.40. The van der Waals surface area contributed by atoms with Crippen LogP contribution in [0.2, 0.25) is 0 Å². The van der Waals surface area contributed by atoms with Gasteiger partial charge in [-0.3, -0.25) is 33.6 Å². The molecule has 300 valence electrons. The van der Waals surface area contributed by atoms with Crippen LogP contribution in [0.3, 0.4) is 0 Å². The molecule has 1 amide bonds. The Labute approximate surface area is 323 Å². The lowest BCUT2D eigenvalue weighted by Crippen LogP contribution is -2.42. The van der Waals surface area contributed by atoms with Crippen molar-refractivity contribution in [2.75, 3.05) is 12.4 Å². The molecule has 0 saturated carbocycles. The molecule has 0 aliphatic heterocycles. The Hall–Kier alpha value is -7.12. The van der Waals surface area contributed by atoms with E-state index < -0.39 is 65.9 Å². The van der Waals surface area contributed by atoms with Gasteiger partial charge in [-0.25, -0.2) is 14.5 Å². The molecule has 2 unspecified atom stereocenters. The summed E-state index contributed by atoms with van der Waals surface area (Å²) in [6, 6.07) is 18.6. The number of aliphatic carboxylic acids is 3. The number of nitrogens with one attached hydrogen (secondary N) is 1. The number of pyridine rings is 2. The van der Waals surface area contributed by atoms with E-state index in [1.807, 2.05) is 24.3 Å². The minimum Gasteiger partial charge on any atom is -0.497 e.